The van der Waals surface area contributed by atoms with Crippen molar-refractivity contribution in [2.24, 2.45) is 0 Å². The molecule has 4 nitrogen and oxygen atoms in total. The van der Waals surface area contributed by atoms with Gasteiger partial charge in [-0.1, -0.05) is 48.5 Å². The van der Waals surface area contributed by atoms with Crippen molar-refractivity contribution in [3.05, 3.63) is 76.4 Å². The molecule has 2 N–H and O–H groups in total. The van der Waals surface area contributed by atoms with Crippen LogP contribution in [0, 0.1) is 6.92 Å². The number of rotatable bonds is 5. The fourth-order valence-corrected chi connectivity index (χ4v) is 2.43. The van der Waals surface area contributed by atoms with Gasteiger partial charge in [-0.25, -0.2) is 4.98 Å². The smallest absolute Gasteiger partial charge is 0.225 e. The van der Waals surface area contributed by atoms with Crippen molar-refractivity contribution in [1.82, 2.24) is 9.97 Å². The first-order chi connectivity index (χ1) is 11.2. The zero-order valence-corrected chi connectivity index (χ0v) is 15.6. The molecule has 1 heterocycles. The van der Waals surface area contributed by atoms with Gasteiger partial charge in [0.1, 0.15) is 0 Å². The molecule has 0 atom stereocenters. The molecule has 0 aliphatic heterocycles. The average molecular weight is 406 g/mol. The number of nitrogens with one attached hydrogen (secondary N) is 2. The van der Waals surface area contributed by atoms with Gasteiger partial charge < -0.3 is 10.6 Å². The predicted molar refractivity (Wildman–Crippen MR) is 105 cm³/mol. The van der Waals surface area contributed by atoms with Crippen molar-refractivity contribution in [3.8, 4) is 0 Å². The van der Waals surface area contributed by atoms with Gasteiger partial charge in [0.2, 0.25) is 5.95 Å². The Bertz CT molecular complexity index is 782. The third kappa shape index (κ3) is 4.69. The van der Waals surface area contributed by atoms with E-state index >= 15 is 0 Å². The topological polar surface area (TPSA) is 49.8 Å². The Kier molecular flexibility index (Phi) is 6.58. The number of hydrogen-bond donors (Lipinski definition) is 2. The average Bonchev–Trinajstić information content (AvgIpc) is 2.59. The van der Waals surface area contributed by atoms with Crippen LogP contribution in [0.4, 0.5) is 17.5 Å². The molecule has 3 aromatic rings. The first kappa shape index (κ1) is 18.2. The van der Waals surface area contributed by atoms with Crippen LogP contribution >= 0.6 is 28.3 Å². The molecule has 2 aromatic carbocycles. The summed E-state index contributed by atoms with van der Waals surface area (Å²) in [4.78, 5) is 9.04. The lowest BCUT2D eigenvalue weighted by atomic mass is 10.2. The largest absolute Gasteiger partial charge is 0.350 e. The zero-order chi connectivity index (χ0) is 16.1. The van der Waals surface area contributed by atoms with E-state index in [1.165, 1.54) is 5.56 Å². The molecule has 1 aromatic heterocycles. The van der Waals surface area contributed by atoms with Crippen LogP contribution in [0.25, 0.3) is 0 Å². The Labute approximate surface area is 156 Å². The molecule has 0 bridgehead atoms. The van der Waals surface area contributed by atoms with Crippen LogP contribution in [0.3, 0.4) is 0 Å². The molecule has 0 aliphatic rings. The number of anilines is 3. The van der Waals surface area contributed by atoms with Gasteiger partial charge in [-0.15, -0.1) is 12.4 Å². The van der Waals surface area contributed by atoms with Gasteiger partial charge in [0.15, 0.2) is 5.82 Å². The van der Waals surface area contributed by atoms with Gasteiger partial charge in [-0.05, 0) is 40.5 Å². The van der Waals surface area contributed by atoms with E-state index in [9.17, 15) is 0 Å². The van der Waals surface area contributed by atoms with Crippen molar-refractivity contribution in [2.45, 2.75) is 13.5 Å². The minimum atomic E-state index is 0. The van der Waals surface area contributed by atoms with Crippen molar-refractivity contribution in [3.63, 3.8) is 0 Å². The maximum atomic E-state index is 4.56. The van der Waals surface area contributed by atoms with Crippen LogP contribution in [0.5, 0.6) is 0 Å². The molecule has 0 saturated heterocycles. The van der Waals surface area contributed by atoms with Crippen molar-refractivity contribution >= 4 is 45.8 Å². The van der Waals surface area contributed by atoms with E-state index in [0.717, 1.165) is 21.7 Å². The molecule has 3 rings (SSSR count). The third-order valence-corrected chi connectivity index (χ3v) is 4.30. The molecule has 0 radical (unpaired) electrons. The Balaban J connectivity index is 0.00000208. The Morgan fingerprint density at radius 3 is 2.21 bits per heavy atom. The first-order valence-corrected chi connectivity index (χ1v) is 8.15. The second-order valence-electron chi connectivity index (χ2n) is 5.13. The summed E-state index contributed by atoms with van der Waals surface area (Å²) in [5.74, 6) is 1.35. The zero-order valence-electron chi connectivity index (χ0n) is 13.2. The van der Waals surface area contributed by atoms with E-state index in [-0.39, 0.29) is 12.4 Å². The third-order valence-electron chi connectivity index (χ3n) is 3.35. The minimum Gasteiger partial charge on any atom is -0.350 e. The molecule has 0 fully saturated rings. The summed E-state index contributed by atoms with van der Waals surface area (Å²) < 4.78 is 0.867. The van der Waals surface area contributed by atoms with Crippen LogP contribution < -0.4 is 10.6 Å². The highest BCUT2D eigenvalue weighted by atomic mass is 79.9. The number of aromatic nitrogens is 2. The predicted octanol–water partition coefficient (Wildman–Crippen LogP) is 5.33. The van der Waals surface area contributed by atoms with Crippen LogP contribution in [0.2, 0.25) is 0 Å². The van der Waals surface area contributed by atoms with E-state index in [4.69, 9.17) is 0 Å². The monoisotopic (exact) mass is 404 g/mol. The van der Waals surface area contributed by atoms with Gasteiger partial charge in [-0.3, -0.25) is 0 Å². The minimum absolute atomic E-state index is 0. The Hall–Kier alpha value is -2.11. The van der Waals surface area contributed by atoms with Crippen molar-refractivity contribution in [2.75, 3.05) is 10.6 Å². The van der Waals surface area contributed by atoms with Crippen LogP contribution in [-0.4, -0.2) is 9.97 Å². The summed E-state index contributed by atoms with van der Waals surface area (Å²) in [7, 11) is 0. The quantitative estimate of drug-likeness (QED) is 0.603. The molecule has 24 heavy (non-hydrogen) atoms. The van der Waals surface area contributed by atoms with E-state index in [0.29, 0.717) is 12.5 Å². The number of benzene rings is 2. The van der Waals surface area contributed by atoms with Crippen LogP contribution in [0.1, 0.15) is 11.3 Å². The number of aryl methyl sites for hydroxylation is 1. The van der Waals surface area contributed by atoms with Crippen molar-refractivity contribution < 1.29 is 0 Å². The second-order valence-corrected chi connectivity index (χ2v) is 5.92. The number of nitrogens with zero attached hydrogens (tertiary/aromatic N) is 2. The molecule has 0 unspecified atom stereocenters. The van der Waals surface area contributed by atoms with Crippen LogP contribution in [-0.2, 0) is 6.54 Å². The normalized spacial score (nSPS) is 9.92. The lowest BCUT2D eigenvalue weighted by Crippen LogP contribution is -2.07. The highest BCUT2D eigenvalue weighted by Crippen LogP contribution is 2.27. The summed E-state index contributed by atoms with van der Waals surface area (Å²) in [5, 5.41) is 6.59. The summed E-state index contributed by atoms with van der Waals surface area (Å²) in [6, 6.07) is 20.1. The lowest BCUT2D eigenvalue weighted by Gasteiger charge is -2.12. The molecule has 0 saturated carbocycles. The molecule has 0 aliphatic carbocycles. The van der Waals surface area contributed by atoms with E-state index in [1.807, 2.05) is 55.5 Å². The standard InChI is InChI=1S/C18H17BrN4.ClH/c1-13-16(19)17(22-15-10-6-3-7-11-15)23-18(21-13)20-12-14-8-4-2-5-9-14;/h2-11H,12H2,1H3,(H2,20,21,22,23);1H. The molecular weight excluding hydrogens is 388 g/mol. The van der Waals surface area contributed by atoms with Gasteiger partial charge in [0, 0.05) is 12.2 Å². The lowest BCUT2D eigenvalue weighted by molar-refractivity contribution is 1.02. The van der Waals surface area contributed by atoms with Crippen LogP contribution in [0.15, 0.2) is 65.1 Å². The number of hydrogen-bond acceptors (Lipinski definition) is 4. The highest BCUT2D eigenvalue weighted by Gasteiger charge is 2.09. The van der Waals surface area contributed by atoms with Gasteiger partial charge in [0.05, 0.1) is 10.2 Å². The maximum absolute atomic E-state index is 4.56. The highest BCUT2D eigenvalue weighted by molar-refractivity contribution is 9.10. The second kappa shape index (κ2) is 8.66. The van der Waals surface area contributed by atoms with Crippen molar-refractivity contribution in [1.29, 1.82) is 0 Å². The van der Waals surface area contributed by atoms with Gasteiger partial charge >= 0.3 is 0 Å². The molecule has 6 heteroatoms. The Morgan fingerprint density at radius 2 is 1.54 bits per heavy atom. The summed E-state index contributed by atoms with van der Waals surface area (Å²) in [6.07, 6.45) is 0. The van der Waals surface area contributed by atoms with E-state index < -0.39 is 0 Å². The first-order valence-electron chi connectivity index (χ1n) is 7.36. The van der Waals surface area contributed by atoms with Gasteiger partial charge in [0.25, 0.3) is 0 Å². The maximum Gasteiger partial charge on any atom is 0.225 e. The van der Waals surface area contributed by atoms with E-state index in [1.54, 1.807) is 0 Å². The Morgan fingerprint density at radius 1 is 0.917 bits per heavy atom. The number of halogens is 2. The molecule has 124 valence electrons. The summed E-state index contributed by atoms with van der Waals surface area (Å²) in [6.45, 7) is 2.64. The fourth-order valence-electron chi connectivity index (χ4n) is 2.16. The molecule has 0 spiro atoms. The molecule has 0 amide bonds. The summed E-state index contributed by atoms with van der Waals surface area (Å²) >= 11 is 3.55. The fraction of sp³-hybridized carbons (Fsp3) is 0.111. The summed E-state index contributed by atoms with van der Waals surface area (Å²) in [5.41, 5.74) is 3.06. The SMILES string of the molecule is Cc1nc(NCc2ccccc2)nc(Nc2ccccc2)c1Br.Cl. The molecular formula is C18H18BrClN4. The number of para-hydroxylation sites is 1. The van der Waals surface area contributed by atoms with E-state index in [2.05, 4.69) is 48.7 Å². The van der Waals surface area contributed by atoms with Gasteiger partial charge in [-0.2, -0.15) is 4.98 Å².